The highest BCUT2D eigenvalue weighted by Gasteiger charge is 2.37. The van der Waals surface area contributed by atoms with Gasteiger partial charge >= 0.3 is 0 Å². The summed E-state index contributed by atoms with van der Waals surface area (Å²) in [5.74, 6) is -0.124. The molecule has 98 valence electrons. The topological polar surface area (TPSA) is 55.1 Å². The van der Waals surface area contributed by atoms with E-state index in [0.29, 0.717) is 10.7 Å². The monoisotopic (exact) mass is 330 g/mol. The van der Waals surface area contributed by atoms with Crippen molar-refractivity contribution < 1.29 is 4.79 Å². The molecule has 1 aliphatic rings. The number of nitrogens with one attached hydrogen (secondary N) is 1. The number of halogens is 2. The van der Waals surface area contributed by atoms with E-state index >= 15 is 0 Å². The number of hydrogen-bond acceptors (Lipinski definition) is 2. The van der Waals surface area contributed by atoms with Crippen molar-refractivity contribution in [1.82, 2.24) is 0 Å². The number of benzene rings is 1. The molecule has 0 atom stereocenters. The Bertz CT molecular complexity index is 484. The lowest BCUT2D eigenvalue weighted by Crippen LogP contribution is -2.48. The van der Waals surface area contributed by atoms with Gasteiger partial charge in [0, 0.05) is 9.50 Å². The summed E-state index contributed by atoms with van der Waals surface area (Å²) in [6, 6.07) is 3.63. The fourth-order valence-corrected chi connectivity index (χ4v) is 2.94. The van der Waals surface area contributed by atoms with Crippen molar-refractivity contribution in [2.75, 3.05) is 5.32 Å². The van der Waals surface area contributed by atoms with Gasteiger partial charge in [-0.05, 0) is 53.4 Å². The predicted octanol–water partition coefficient (Wildman–Crippen LogP) is 3.62. The molecular formula is C13H16BrClN2O. The van der Waals surface area contributed by atoms with Crippen LogP contribution in [0.25, 0.3) is 0 Å². The van der Waals surface area contributed by atoms with Crippen molar-refractivity contribution in [3.05, 3.63) is 27.2 Å². The Morgan fingerprint density at radius 3 is 2.67 bits per heavy atom. The van der Waals surface area contributed by atoms with Crippen LogP contribution in [0, 0.1) is 6.92 Å². The van der Waals surface area contributed by atoms with Crippen molar-refractivity contribution >= 4 is 39.1 Å². The highest BCUT2D eigenvalue weighted by Crippen LogP contribution is 2.32. The first-order valence-corrected chi connectivity index (χ1v) is 7.15. The fraction of sp³-hybridized carbons (Fsp3) is 0.462. The van der Waals surface area contributed by atoms with Gasteiger partial charge in [-0.25, -0.2) is 0 Å². The molecule has 3 nitrogen and oxygen atoms in total. The highest BCUT2D eigenvalue weighted by molar-refractivity contribution is 9.10. The number of aryl methyl sites for hydroxylation is 1. The van der Waals surface area contributed by atoms with Crippen molar-refractivity contribution in [1.29, 1.82) is 0 Å². The number of amides is 1. The Morgan fingerprint density at radius 2 is 2.06 bits per heavy atom. The van der Waals surface area contributed by atoms with E-state index in [4.69, 9.17) is 17.3 Å². The molecule has 1 aliphatic carbocycles. The zero-order valence-corrected chi connectivity index (χ0v) is 12.6. The standard InChI is InChI=1S/C13H16BrClN2O/c1-8-6-9(14)11(7-10(8)15)17-12(18)13(16)4-2-3-5-13/h6-7H,2-5,16H2,1H3,(H,17,18). The molecule has 1 saturated carbocycles. The van der Waals surface area contributed by atoms with Gasteiger partial charge in [-0.3, -0.25) is 4.79 Å². The maximum Gasteiger partial charge on any atom is 0.244 e. The summed E-state index contributed by atoms with van der Waals surface area (Å²) in [6.07, 6.45) is 3.52. The van der Waals surface area contributed by atoms with Crippen LogP contribution in [0.3, 0.4) is 0 Å². The molecule has 5 heteroatoms. The average molecular weight is 332 g/mol. The number of anilines is 1. The Kier molecular flexibility index (Phi) is 3.99. The number of rotatable bonds is 2. The molecule has 0 spiro atoms. The maximum atomic E-state index is 12.2. The van der Waals surface area contributed by atoms with E-state index in [0.717, 1.165) is 35.7 Å². The second-order valence-corrected chi connectivity index (χ2v) is 6.16. The van der Waals surface area contributed by atoms with Gasteiger partial charge in [0.1, 0.15) is 0 Å². The Balaban J connectivity index is 2.19. The quantitative estimate of drug-likeness (QED) is 0.869. The largest absolute Gasteiger partial charge is 0.323 e. The predicted molar refractivity (Wildman–Crippen MR) is 77.9 cm³/mol. The molecule has 0 aromatic heterocycles. The first-order valence-electron chi connectivity index (χ1n) is 5.98. The fourth-order valence-electron chi connectivity index (χ4n) is 2.22. The van der Waals surface area contributed by atoms with Crippen LogP contribution in [0.1, 0.15) is 31.2 Å². The smallest absolute Gasteiger partial charge is 0.244 e. The molecule has 0 aliphatic heterocycles. The van der Waals surface area contributed by atoms with Crippen molar-refractivity contribution in [2.24, 2.45) is 5.73 Å². The van der Waals surface area contributed by atoms with Gasteiger partial charge in [-0.1, -0.05) is 24.4 Å². The van der Waals surface area contributed by atoms with Crippen LogP contribution >= 0.6 is 27.5 Å². The van der Waals surface area contributed by atoms with Gasteiger partial charge in [-0.15, -0.1) is 0 Å². The molecule has 3 N–H and O–H groups in total. The summed E-state index contributed by atoms with van der Waals surface area (Å²) in [5.41, 5.74) is 7.02. The minimum absolute atomic E-state index is 0.124. The Hall–Kier alpha value is -0.580. The number of hydrogen-bond donors (Lipinski definition) is 2. The minimum atomic E-state index is -0.725. The summed E-state index contributed by atoms with van der Waals surface area (Å²) in [7, 11) is 0. The molecule has 2 rings (SSSR count). The van der Waals surface area contributed by atoms with Crippen LogP contribution in [0.2, 0.25) is 5.02 Å². The van der Waals surface area contributed by atoms with Crippen LogP contribution < -0.4 is 11.1 Å². The van der Waals surface area contributed by atoms with E-state index < -0.39 is 5.54 Å². The lowest BCUT2D eigenvalue weighted by molar-refractivity contribution is -0.121. The van der Waals surface area contributed by atoms with Crippen LogP contribution in [-0.2, 0) is 4.79 Å². The van der Waals surface area contributed by atoms with Gasteiger partial charge in [0.05, 0.1) is 11.2 Å². The highest BCUT2D eigenvalue weighted by atomic mass is 79.9. The normalized spacial score (nSPS) is 17.8. The molecule has 0 bridgehead atoms. The molecule has 1 aromatic rings. The lowest BCUT2D eigenvalue weighted by Gasteiger charge is -2.22. The third-order valence-corrected chi connectivity index (χ3v) is 4.51. The minimum Gasteiger partial charge on any atom is -0.323 e. The molecule has 0 saturated heterocycles. The van der Waals surface area contributed by atoms with Gasteiger partial charge in [0.15, 0.2) is 0 Å². The maximum absolute atomic E-state index is 12.2. The number of carbonyl (C=O) groups excluding carboxylic acids is 1. The zero-order chi connectivity index (χ0) is 13.3. The molecule has 0 unspecified atom stereocenters. The molecule has 1 fully saturated rings. The summed E-state index contributed by atoms with van der Waals surface area (Å²) >= 11 is 9.48. The van der Waals surface area contributed by atoms with Crippen molar-refractivity contribution in [3.63, 3.8) is 0 Å². The average Bonchev–Trinajstić information content (AvgIpc) is 2.74. The number of nitrogens with two attached hydrogens (primary N) is 1. The first kappa shape index (κ1) is 13.8. The van der Waals surface area contributed by atoms with Crippen LogP contribution in [0.5, 0.6) is 0 Å². The third-order valence-electron chi connectivity index (χ3n) is 3.44. The zero-order valence-electron chi connectivity index (χ0n) is 10.2. The van der Waals surface area contributed by atoms with E-state index in [1.54, 1.807) is 6.07 Å². The second kappa shape index (κ2) is 5.19. The summed E-state index contributed by atoms with van der Waals surface area (Å²) in [4.78, 5) is 12.2. The van der Waals surface area contributed by atoms with E-state index in [-0.39, 0.29) is 5.91 Å². The Morgan fingerprint density at radius 1 is 1.44 bits per heavy atom. The van der Waals surface area contributed by atoms with Crippen molar-refractivity contribution in [2.45, 2.75) is 38.1 Å². The van der Waals surface area contributed by atoms with Crippen molar-refractivity contribution in [3.8, 4) is 0 Å². The first-order chi connectivity index (χ1) is 8.42. The van der Waals surface area contributed by atoms with E-state index in [1.807, 2.05) is 13.0 Å². The van der Waals surface area contributed by atoms with Crippen LogP contribution in [-0.4, -0.2) is 11.4 Å². The number of carbonyl (C=O) groups is 1. The molecule has 0 heterocycles. The second-order valence-electron chi connectivity index (χ2n) is 4.90. The van der Waals surface area contributed by atoms with E-state index in [9.17, 15) is 4.79 Å². The summed E-state index contributed by atoms with van der Waals surface area (Å²) in [5, 5.41) is 3.50. The lowest BCUT2D eigenvalue weighted by atomic mass is 9.98. The molecule has 18 heavy (non-hydrogen) atoms. The van der Waals surface area contributed by atoms with E-state index in [2.05, 4.69) is 21.2 Å². The van der Waals surface area contributed by atoms with Gasteiger partial charge in [0.25, 0.3) is 0 Å². The van der Waals surface area contributed by atoms with Crippen LogP contribution in [0.15, 0.2) is 16.6 Å². The third kappa shape index (κ3) is 2.71. The SMILES string of the molecule is Cc1cc(Br)c(NC(=O)C2(N)CCCC2)cc1Cl. The van der Waals surface area contributed by atoms with Gasteiger partial charge < -0.3 is 11.1 Å². The summed E-state index contributed by atoms with van der Waals surface area (Å²) < 4.78 is 0.819. The Labute approximate surface area is 120 Å². The van der Waals surface area contributed by atoms with Gasteiger partial charge in [-0.2, -0.15) is 0 Å². The van der Waals surface area contributed by atoms with E-state index in [1.165, 1.54) is 0 Å². The van der Waals surface area contributed by atoms with Gasteiger partial charge in [0.2, 0.25) is 5.91 Å². The molecule has 1 aromatic carbocycles. The summed E-state index contributed by atoms with van der Waals surface area (Å²) in [6.45, 7) is 1.92. The molecule has 0 radical (unpaired) electrons. The van der Waals surface area contributed by atoms with Crippen LogP contribution in [0.4, 0.5) is 5.69 Å². The molecule has 1 amide bonds. The molecular weight excluding hydrogens is 316 g/mol.